The number of carbonyl (C=O) groups excluding carboxylic acids is 3. The van der Waals surface area contributed by atoms with Crippen molar-refractivity contribution in [3.05, 3.63) is 35.9 Å². The van der Waals surface area contributed by atoms with Crippen LogP contribution in [0, 0.1) is 0 Å². The molecule has 9 nitrogen and oxygen atoms in total. The van der Waals surface area contributed by atoms with E-state index in [0.29, 0.717) is 24.9 Å². The van der Waals surface area contributed by atoms with Crippen LogP contribution in [0.3, 0.4) is 0 Å². The smallest absolute Gasteiger partial charge is 0.325 e. The number of nitrogens with one attached hydrogen (secondary N) is 1. The molecule has 1 saturated heterocycles. The second-order valence-corrected chi connectivity index (χ2v) is 7.44. The molecule has 3 amide bonds. The van der Waals surface area contributed by atoms with Crippen molar-refractivity contribution in [1.29, 1.82) is 0 Å². The van der Waals surface area contributed by atoms with Crippen LogP contribution < -0.4 is 5.32 Å². The first-order chi connectivity index (χ1) is 14.0. The molecule has 156 valence electrons. The predicted octanol–water partition coefficient (Wildman–Crippen LogP) is 1.05. The van der Waals surface area contributed by atoms with Gasteiger partial charge in [0, 0.05) is 20.2 Å². The number of nitrogens with zero attached hydrogens (tertiary/aromatic N) is 3. The molecule has 29 heavy (non-hydrogen) atoms. The Morgan fingerprint density at radius 3 is 2.76 bits per heavy atom. The van der Waals surface area contributed by atoms with Gasteiger partial charge in [0.05, 0.1) is 12.4 Å². The molecule has 1 aromatic carbocycles. The van der Waals surface area contributed by atoms with E-state index in [0.717, 1.165) is 5.56 Å². The number of hydrogen-bond acceptors (Lipinski definition) is 8. The zero-order valence-corrected chi connectivity index (χ0v) is 17.2. The molecule has 2 aliphatic heterocycles. The van der Waals surface area contributed by atoms with Crippen LogP contribution in [-0.4, -0.2) is 77.6 Å². The van der Waals surface area contributed by atoms with E-state index < -0.39 is 24.1 Å². The van der Waals surface area contributed by atoms with Crippen molar-refractivity contribution in [2.45, 2.75) is 25.7 Å². The maximum Gasteiger partial charge on any atom is 0.325 e. The van der Waals surface area contributed by atoms with Crippen LogP contribution in [-0.2, 0) is 25.7 Å². The van der Waals surface area contributed by atoms with Crippen molar-refractivity contribution in [1.82, 2.24) is 15.1 Å². The number of benzene rings is 1. The third-order valence-electron chi connectivity index (χ3n) is 4.56. The lowest BCUT2D eigenvalue weighted by Gasteiger charge is -2.36. The molecule has 10 heteroatoms. The highest BCUT2D eigenvalue weighted by molar-refractivity contribution is 8.14. The van der Waals surface area contributed by atoms with E-state index in [1.54, 1.807) is 11.9 Å². The Morgan fingerprint density at radius 2 is 2.03 bits per heavy atom. The molecule has 2 heterocycles. The van der Waals surface area contributed by atoms with Gasteiger partial charge >= 0.3 is 12.0 Å². The van der Waals surface area contributed by atoms with E-state index in [1.807, 2.05) is 37.3 Å². The summed E-state index contributed by atoms with van der Waals surface area (Å²) in [4.78, 5) is 44.2. The number of aliphatic imine (C=N–C) groups is 1. The number of imide groups is 1. The number of amidine groups is 1. The van der Waals surface area contributed by atoms with Crippen LogP contribution in [0.1, 0.15) is 12.5 Å². The van der Waals surface area contributed by atoms with Crippen molar-refractivity contribution in [2.75, 3.05) is 32.6 Å². The summed E-state index contributed by atoms with van der Waals surface area (Å²) in [5.74, 6) is -0.731. The molecule has 2 aliphatic rings. The third-order valence-corrected chi connectivity index (χ3v) is 5.54. The lowest BCUT2D eigenvalue weighted by molar-refractivity contribution is -0.141. The number of fused-ring (bicyclic) bond motifs is 1. The van der Waals surface area contributed by atoms with E-state index in [9.17, 15) is 14.4 Å². The number of thioether (sulfide) groups is 1. The number of esters is 1. The maximum atomic E-state index is 12.4. The SMILES string of the molecule is CCOCCN1C(SCC(=O)OCc2ccccc2)=NC2C1C(=O)NC(=O)N2C. The Morgan fingerprint density at radius 1 is 1.28 bits per heavy atom. The lowest BCUT2D eigenvalue weighted by atomic mass is 10.1. The molecule has 0 spiro atoms. The molecule has 1 N–H and O–H groups in total. The maximum absolute atomic E-state index is 12.4. The summed E-state index contributed by atoms with van der Waals surface area (Å²) in [6, 6.07) is 8.30. The molecular weight excluding hydrogens is 396 g/mol. The standard InChI is InChI=1S/C19H24N4O5S/c1-3-27-10-9-23-15-16(22(2)18(26)21-17(15)25)20-19(23)29-12-14(24)28-11-13-7-5-4-6-8-13/h4-8,15-16H,3,9-12H2,1-2H3,(H,21,25,26). The lowest BCUT2D eigenvalue weighted by Crippen LogP contribution is -2.63. The van der Waals surface area contributed by atoms with Crippen LogP contribution in [0.25, 0.3) is 0 Å². The highest BCUT2D eigenvalue weighted by atomic mass is 32.2. The van der Waals surface area contributed by atoms with Gasteiger partial charge < -0.3 is 19.3 Å². The van der Waals surface area contributed by atoms with Crippen molar-refractivity contribution >= 4 is 34.8 Å². The molecule has 0 bridgehead atoms. The van der Waals surface area contributed by atoms with Gasteiger partial charge in [-0.25, -0.2) is 9.79 Å². The minimum absolute atomic E-state index is 0.0511. The third kappa shape index (κ3) is 5.07. The minimum atomic E-state index is -0.638. The van der Waals surface area contributed by atoms with Gasteiger partial charge in [-0.2, -0.15) is 0 Å². The Labute approximate surface area is 173 Å². The summed E-state index contributed by atoms with van der Waals surface area (Å²) in [5.41, 5.74) is 0.908. The quantitative estimate of drug-likeness (QED) is 0.495. The first-order valence-electron chi connectivity index (χ1n) is 9.33. The zero-order chi connectivity index (χ0) is 20.8. The predicted molar refractivity (Wildman–Crippen MR) is 108 cm³/mol. The molecule has 0 aliphatic carbocycles. The normalized spacial score (nSPS) is 21.0. The van der Waals surface area contributed by atoms with Crippen LogP contribution in [0.2, 0.25) is 0 Å². The Kier molecular flexibility index (Phi) is 7.10. The first kappa shape index (κ1) is 21.1. The molecule has 2 atom stereocenters. The number of hydrogen-bond donors (Lipinski definition) is 1. The number of amides is 3. The summed E-state index contributed by atoms with van der Waals surface area (Å²) in [6.45, 7) is 3.47. The van der Waals surface area contributed by atoms with Crippen molar-refractivity contribution in [2.24, 2.45) is 4.99 Å². The van der Waals surface area contributed by atoms with Gasteiger partial charge in [0.15, 0.2) is 17.4 Å². The number of likely N-dealkylation sites (N-methyl/N-ethyl adjacent to an activating group) is 1. The van der Waals surface area contributed by atoms with Crippen LogP contribution in [0.4, 0.5) is 4.79 Å². The van der Waals surface area contributed by atoms with E-state index >= 15 is 0 Å². The fourth-order valence-electron chi connectivity index (χ4n) is 3.07. The Hall–Kier alpha value is -2.59. The summed E-state index contributed by atoms with van der Waals surface area (Å²) in [5, 5.41) is 2.86. The number of carbonyl (C=O) groups is 3. The van der Waals surface area contributed by atoms with Gasteiger partial charge in [-0.15, -0.1) is 0 Å². The molecule has 2 unspecified atom stereocenters. The largest absolute Gasteiger partial charge is 0.460 e. The second kappa shape index (κ2) is 9.75. The summed E-state index contributed by atoms with van der Waals surface area (Å²) in [7, 11) is 1.59. The Bertz CT molecular complexity index is 788. The Balaban J connectivity index is 1.62. The average molecular weight is 420 g/mol. The highest BCUT2D eigenvalue weighted by Gasteiger charge is 2.48. The summed E-state index contributed by atoms with van der Waals surface area (Å²) in [6.07, 6.45) is -0.624. The number of rotatable bonds is 8. The van der Waals surface area contributed by atoms with Crippen molar-refractivity contribution < 1.29 is 23.9 Å². The topological polar surface area (TPSA) is 101 Å². The van der Waals surface area contributed by atoms with E-state index in [2.05, 4.69) is 10.3 Å². The summed E-state index contributed by atoms with van der Waals surface area (Å²) < 4.78 is 10.7. The van der Waals surface area contributed by atoms with Gasteiger partial charge in [-0.1, -0.05) is 42.1 Å². The van der Waals surface area contributed by atoms with Gasteiger partial charge in [0.2, 0.25) is 0 Å². The molecule has 0 radical (unpaired) electrons. The van der Waals surface area contributed by atoms with E-state index in [4.69, 9.17) is 9.47 Å². The van der Waals surface area contributed by atoms with Crippen LogP contribution >= 0.6 is 11.8 Å². The molecule has 0 aromatic heterocycles. The van der Waals surface area contributed by atoms with Crippen LogP contribution in [0.15, 0.2) is 35.3 Å². The second-order valence-electron chi connectivity index (χ2n) is 6.50. The molecule has 0 saturated carbocycles. The monoisotopic (exact) mass is 420 g/mol. The minimum Gasteiger partial charge on any atom is -0.460 e. The zero-order valence-electron chi connectivity index (χ0n) is 16.4. The van der Waals surface area contributed by atoms with Gasteiger partial charge in [0.25, 0.3) is 5.91 Å². The number of urea groups is 1. The summed E-state index contributed by atoms with van der Waals surface area (Å²) >= 11 is 1.19. The molecule has 1 fully saturated rings. The molecular formula is C19H24N4O5S. The fraction of sp³-hybridized carbons (Fsp3) is 0.474. The fourth-order valence-corrected chi connectivity index (χ4v) is 3.95. The van der Waals surface area contributed by atoms with Gasteiger partial charge in [-0.05, 0) is 12.5 Å². The van der Waals surface area contributed by atoms with Gasteiger partial charge in [-0.3, -0.25) is 14.9 Å². The van der Waals surface area contributed by atoms with Crippen molar-refractivity contribution in [3.8, 4) is 0 Å². The van der Waals surface area contributed by atoms with E-state index in [1.165, 1.54) is 16.7 Å². The average Bonchev–Trinajstić information content (AvgIpc) is 3.09. The first-order valence-corrected chi connectivity index (χ1v) is 10.3. The van der Waals surface area contributed by atoms with Crippen LogP contribution in [0.5, 0.6) is 0 Å². The number of ether oxygens (including phenoxy) is 2. The molecule has 3 rings (SSSR count). The van der Waals surface area contributed by atoms with Gasteiger partial charge in [0.1, 0.15) is 6.61 Å². The highest BCUT2D eigenvalue weighted by Crippen LogP contribution is 2.28. The van der Waals surface area contributed by atoms with Crippen molar-refractivity contribution in [3.63, 3.8) is 0 Å². The van der Waals surface area contributed by atoms with E-state index in [-0.39, 0.29) is 18.3 Å². The molecule has 1 aromatic rings.